The van der Waals surface area contributed by atoms with Crippen LogP contribution in [0.3, 0.4) is 0 Å². The smallest absolute Gasteiger partial charge is 0.224 e. The van der Waals surface area contributed by atoms with Gasteiger partial charge in [0, 0.05) is 12.5 Å². The average molecular weight is 250 g/mol. The number of carbonyl (C=O) groups excluding carboxylic acids is 1. The molecule has 1 aromatic carbocycles. The summed E-state index contributed by atoms with van der Waals surface area (Å²) in [6.45, 7) is 4.30. The summed E-state index contributed by atoms with van der Waals surface area (Å²) in [6.07, 6.45) is 0.757. The molecule has 0 saturated heterocycles. The van der Waals surface area contributed by atoms with E-state index in [9.17, 15) is 4.79 Å². The second-order valence-corrected chi connectivity index (χ2v) is 4.35. The van der Waals surface area contributed by atoms with E-state index in [4.69, 9.17) is 10.5 Å². The highest BCUT2D eigenvalue weighted by atomic mass is 16.5. The summed E-state index contributed by atoms with van der Waals surface area (Å²) < 4.78 is 5.17. The molecule has 0 radical (unpaired) electrons. The topological polar surface area (TPSA) is 64.4 Å². The van der Waals surface area contributed by atoms with Gasteiger partial charge in [-0.3, -0.25) is 4.79 Å². The van der Waals surface area contributed by atoms with E-state index in [1.807, 2.05) is 38.1 Å². The third-order valence-electron chi connectivity index (χ3n) is 3.10. The molecular weight excluding hydrogens is 228 g/mol. The Bertz CT molecular complexity index is 389. The summed E-state index contributed by atoms with van der Waals surface area (Å²) in [5.41, 5.74) is 6.59. The van der Waals surface area contributed by atoms with Crippen LogP contribution in [0.15, 0.2) is 24.3 Å². The number of ether oxygens (including phenoxy) is 1. The van der Waals surface area contributed by atoms with E-state index in [2.05, 4.69) is 5.32 Å². The van der Waals surface area contributed by atoms with Crippen molar-refractivity contribution in [3.8, 4) is 5.75 Å². The maximum absolute atomic E-state index is 11.9. The molecule has 4 heteroatoms. The van der Waals surface area contributed by atoms with E-state index < -0.39 is 0 Å². The number of hydrogen-bond donors (Lipinski definition) is 2. The van der Waals surface area contributed by atoms with Crippen molar-refractivity contribution in [1.82, 2.24) is 5.32 Å². The molecule has 2 unspecified atom stereocenters. The van der Waals surface area contributed by atoms with Gasteiger partial charge in [0.15, 0.2) is 0 Å². The molecule has 100 valence electrons. The zero-order valence-electron chi connectivity index (χ0n) is 11.3. The van der Waals surface area contributed by atoms with Crippen LogP contribution in [0.5, 0.6) is 5.75 Å². The van der Waals surface area contributed by atoms with Crippen molar-refractivity contribution < 1.29 is 9.53 Å². The summed E-state index contributed by atoms with van der Waals surface area (Å²) in [6, 6.07) is 7.64. The number of methoxy groups -OCH3 is 1. The second kappa shape index (κ2) is 7.01. The summed E-state index contributed by atoms with van der Waals surface area (Å²) in [4.78, 5) is 11.9. The van der Waals surface area contributed by atoms with Crippen molar-refractivity contribution in [3.63, 3.8) is 0 Å². The minimum absolute atomic E-state index is 0.00956. The van der Waals surface area contributed by atoms with Gasteiger partial charge in [-0.1, -0.05) is 19.1 Å². The Balaban J connectivity index is 2.69. The van der Waals surface area contributed by atoms with Gasteiger partial charge in [-0.2, -0.15) is 0 Å². The van der Waals surface area contributed by atoms with Crippen molar-refractivity contribution in [2.75, 3.05) is 13.7 Å². The van der Waals surface area contributed by atoms with Gasteiger partial charge in [0.2, 0.25) is 5.91 Å². The maximum Gasteiger partial charge on any atom is 0.224 e. The van der Waals surface area contributed by atoms with E-state index >= 15 is 0 Å². The number of carbonyl (C=O) groups is 1. The summed E-state index contributed by atoms with van der Waals surface area (Å²) >= 11 is 0. The number of benzene rings is 1. The minimum Gasteiger partial charge on any atom is -0.497 e. The van der Waals surface area contributed by atoms with Gasteiger partial charge < -0.3 is 15.8 Å². The Labute approximate surface area is 109 Å². The molecule has 4 nitrogen and oxygen atoms in total. The van der Waals surface area contributed by atoms with Crippen LogP contribution in [-0.2, 0) is 4.79 Å². The molecule has 0 fully saturated rings. The van der Waals surface area contributed by atoms with Crippen LogP contribution in [0.1, 0.15) is 31.9 Å². The predicted molar refractivity (Wildman–Crippen MR) is 72.4 cm³/mol. The average Bonchev–Trinajstić information content (AvgIpc) is 2.40. The Kier molecular flexibility index (Phi) is 5.65. The first-order valence-corrected chi connectivity index (χ1v) is 6.26. The van der Waals surface area contributed by atoms with Crippen molar-refractivity contribution in [1.29, 1.82) is 0 Å². The van der Waals surface area contributed by atoms with E-state index in [-0.39, 0.29) is 17.9 Å². The van der Waals surface area contributed by atoms with Crippen LogP contribution in [0.4, 0.5) is 0 Å². The van der Waals surface area contributed by atoms with Gasteiger partial charge in [0.05, 0.1) is 13.2 Å². The van der Waals surface area contributed by atoms with Gasteiger partial charge in [0.1, 0.15) is 5.75 Å². The van der Waals surface area contributed by atoms with E-state index in [0.29, 0.717) is 6.54 Å². The Morgan fingerprint density at radius 3 is 2.78 bits per heavy atom. The molecule has 1 aromatic rings. The van der Waals surface area contributed by atoms with Crippen LogP contribution in [-0.4, -0.2) is 19.6 Å². The molecule has 0 bridgehead atoms. The maximum atomic E-state index is 11.9. The third-order valence-corrected chi connectivity index (χ3v) is 3.10. The second-order valence-electron chi connectivity index (χ2n) is 4.35. The fraction of sp³-hybridized carbons (Fsp3) is 0.500. The Morgan fingerprint density at radius 1 is 1.50 bits per heavy atom. The highest BCUT2D eigenvalue weighted by Crippen LogP contribution is 2.19. The van der Waals surface area contributed by atoms with Crippen molar-refractivity contribution >= 4 is 5.91 Å². The van der Waals surface area contributed by atoms with Crippen LogP contribution in [0.25, 0.3) is 0 Å². The molecule has 0 aliphatic heterocycles. The molecule has 0 aromatic heterocycles. The summed E-state index contributed by atoms with van der Waals surface area (Å²) in [5.74, 6) is 0.688. The molecule has 0 spiro atoms. The first-order chi connectivity index (χ1) is 8.62. The van der Waals surface area contributed by atoms with Crippen LogP contribution in [0.2, 0.25) is 0 Å². The fourth-order valence-corrected chi connectivity index (χ4v) is 1.78. The lowest BCUT2D eigenvalue weighted by atomic mass is 10.0. The number of hydrogen-bond acceptors (Lipinski definition) is 3. The normalized spacial score (nSPS) is 13.8. The highest BCUT2D eigenvalue weighted by Gasteiger charge is 2.17. The molecule has 0 heterocycles. The van der Waals surface area contributed by atoms with Crippen molar-refractivity contribution in [3.05, 3.63) is 29.8 Å². The third kappa shape index (κ3) is 3.74. The predicted octanol–water partition coefficient (Wildman–Crippen LogP) is 1.86. The van der Waals surface area contributed by atoms with E-state index in [0.717, 1.165) is 17.7 Å². The van der Waals surface area contributed by atoms with E-state index in [1.54, 1.807) is 7.11 Å². The Hall–Kier alpha value is -1.55. The standard InChI is InChI=1S/C14H22N2O2/c1-4-11(9-15)14(17)16-10(2)12-6-5-7-13(8-12)18-3/h5-8,10-11H,4,9,15H2,1-3H3,(H,16,17). The van der Waals surface area contributed by atoms with Crippen LogP contribution in [0, 0.1) is 5.92 Å². The zero-order chi connectivity index (χ0) is 13.5. The molecule has 3 N–H and O–H groups in total. The highest BCUT2D eigenvalue weighted by molar-refractivity contribution is 5.79. The molecule has 1 amide bonds. The van der Waals surface area contributed by atoms with Crippen molar-refractivity contribution in [2.45, 2.75) is 26.3 Å². The van der Waals surface area contributed by atoms with Crippen LogP contribution < -0.4 is 15.8 Å². The first-order valence-electron chi connectivity index (χ1n) is 6.26. The summed E-state index contributed by atoms with van der Waals surface area (Å²) in [5, 5.41) is 2.97. The monoisotopic (exact) mass is 250 g/mol. The molecule has 0 saturated carbocycles. The number of rotatable bonds is 6. The van der Waals surface area contributed by atoms with Gasteiger partial charge in [-0.25, -0.2) is 0 Å². The fourth-order valence-electron chi connectivity index (χ4n) is 1.78. The van der Waals surface area contributed by atoms with E-state index in [1.165, 1.54) is 0 Å². The summed E-state index contributed by atoms with van der Waals surface area (Å²) in [7, 11) is 1.63. The molecule has 0 aliphatic carbocycles. The van der Waals surface area contributed by atoms with Crippen LogP contribution >= 0.6 is 0 Å². The quantitative estimate of drug-likeness (QED) is 0.810. The minimum atomic E-state index is -0.113. The van der Waals surface area contributed by atoms with Gasteiger partial charge in [-0.05, 0) is 31.0 Å². The molecule has 1 rings (SSSR count). The van der Waals surface area contributed by atoms with Gasteiger partial charge in [0.25, 0.3) is 0 Å². The zero-order valence-corrected chi connectivity index (χ0v) is 11.3. The SMILES string of the molecule is CCC(CN)C(=O)NC(C)c1cccc(OC)c1. The lowest BCUT2D eigenvalue weighted by Gasteiger charge is -2.19. The lowest BCUT2D eigenvalue weighted by molar-refractivity contribution is -0.125. The molecule has 2 atom stereocenters. The Morgan fingerprint density at radius 2 is 2.22 bits per heavy atom. The number of nitrogens with one attached hydrogen (secondary N) is 1. The number of amides is 1. The first kappa shape index (κ1) is 14.5. The van der Waals surface area contributed by atoms with Gasteiger partial charge in [-0.15, -0.1) is 0 Å². The molecule has 18 heavy (non-hydrogen) atoms. The number of nitrogens with two attached hydrogens (primary N) is 1. The lowest BCUT2D eigenvalue weighted by Crippen LogP contribution is -2.36. The van der Waals surface area contributed by atoms with Gasteiger partial charge >= 0.3 is 0 Å². The van der Waals surface area contributed by atoms with Crippen molar-refractivity contribution in [2.24, 2.45) is 11.7 Å². The largest absolute Gasteiger partial charge is 0.497 e. The molecule has 0 aliphatic rings. The molecular formula is C14H22N2O2.